The van der Waals surface area contributed by atoms with E-state index in [9.17, 15) is 0 Å². The summed E-state index contributed by atoms with van der Waals surface area (Å²) in [6.07, 6.45) is 0.169. The molecular weight excluding hydrogens is 146 g/mol. The maximum Gasteiger partial charge on any atom is 0.0885 e. The number of nitrogens with two attached hydrogens (primary N) is 1. The summed E-state index contributed by atoms with van der Waals surface area (Å²) >= 11 is 1.57. The minimum absolute atomic E-state index is 0.169. The van der Waals surface area contributed by atoms with Crippen LogP contribution < -0.4 is 5.73 Å². The second kappa shape index (κ2) is 3.03. The molecule has 0 fully saturated rings. The second-order valence-corrected chi connectivity index (χ2v) is 3.26. The van der Waals surface area contributed by atoms with E-state index in [2.05, 4.69) is 0 Å². The summed E-state index contributed by atoms with van der Waals surface area (Å²) < 4.78 is 5.10. The van der Waals surface area contributed by atoms with Gasteiger partial charge < -0.3 is 10.5 Å². The first-order valence-electron chi connectivity index (χ1n) is 3.12. The first-order valence-corrected chi connectivity index (χ1v) is 3.93. The van der Waals surface area contributed by atoms with Crippen molar-refractivity contribution >= 4 is 16.3 Å². The number of nitrogen functional groups attached to an aromatic ring is 1. The summed E-state index contributed by atoms with van der Waals surface area (Å²) in [5.74, 6) is 0. The summed E-state index contributed by atoms with van der Waals surface area (Å²) in [4.78, 5) is 1.18. The number of anilines is 1. The van der Waals surface area contributed by atoms with Gasteiger partial charge in [-0.25, -0.2) is 0 Å². The first-order chi connectivity index (χ1) is 4.74. The van der Waals surface area contributed by atoms with E-state index in [-0.39, 0.29) is 6.10 Å². The SMILES string of the molecule is COC(C)c1ccc(N)s1. The van der Waals surface area contributed by atoms with Crippen LogP contribution in [0.25, 0.3) is 0 Å². The highest BCUT2D eigenvalue weighted by molar-refractivity contribution is 7.15. The highest BCUT2D eigenvalue weighted by Gasteiger charge is 2.04. The van der Waals surface area contributed by atoms with Crippen molar-refractivity contribution in [3.8, 4) is 0 Å². The number of rotatable bonds is 2. The van der Waals surface area contributed by atoms with Crippen LogP contribution in [-0.4, -0.2) is 7.11 Å². The lowest BCUT2D eigenvalue weighted by Crippen LogP contribution is -1.90. The lowest BCUT2D eigenvalue weighted by atomic mass is 10.3. The fourth-order valence-electron chi connectivity index (χ4n) is 0.703. The Labute approximate surface area is 64.6 Å². The van der Waals surface area contributed by atoms with Crippen molar-refractivity contribution in [3.05, 3.63) is 17.0 Å². The van der Waals surface area contributed by atoms with Crippen molar-refractivity contribution in [2.45, 2.75) is 13.0 Å². The van der Waals surface area contributed by atoms with Crippen molar-refractivity contribution in [1.29, 1.82) is 0 Å². The molecule has 2 nitrogen and oxygen atoms in total. The Kier molecular flexibility index (Phi) is 2.29. The van der Waals surface area contributed by atoms with Gasteiger partial charge in [-0.3, -0.25) is 0 Å². The number of methoxy groups -OCH3 is 1. The fourth-order valence-corrected chi connectivity index (χ4v) is 1.51. The van der Waals surface area contributed by atoms with Crippen LogP contribution in [0.2, 0.25) is 0 Å². The van der Waals surface area contributed by atoms with Crippen LogP contribution in [0, 0.1) is 0 Å². The van der Waals surface area contributed by atoms with Crippen LogP contribution in [0.3, 0.4) is 0 Å². The third-order valence-corrected chi connectivity index (χ3v) is 2.48. The van der Waals surface area contributed by atoms with E-state index in [0.717, 1.165) is 5.00 Å². The number of ether oxygens (including phenoxy) is 1. The monoisotopic (exact) mass is 157 g/mol. The van der Waals surface area contributed by atoms with Crippen LogP contribution in [0.1, 0.15) is 17.9 Å². The molecule has 0 aliphatic rings. The Balaban J connectivity index is 2.74. The van der Waals surface area contributed by atoms with Crippen LogP contribution in [0.4, 0.5) is 5.00 Å². The highest BCUT2D eigenvalue weighted by atomic mass is 32.1. The molecule has 0 saturated heterocycles. The highest BCUT2D eigenvalue weighted by Crippen LogP contribution is 2.25. The molecule has 0 radical (unpaired) electrons. The molecule has 1 aromatic rings. The van der Waals surface area contributed by atoms with Crippen LogP contribution >= 0.6 is 11.3 Å². The van der Waals surface area contributed by atoms with Gasteiger partial charge >= 0.3 is 0 Å². The molecule has 1 heterocycles. The van der Waals surface area contributed by atoms with E-state index in [4.69, 9.17) is 10.5 Å². The third-order valence-electron chi connectivity index (χ3n) is 1.40. The number of hydrogen-bond donors (Lipinski definition) is 1. The molecule has 0 saturated carbocycles. The molecular formula is C7H11NOS. The second-order valence-electron chi connectivity index (χ2n) is 2.12. The zero-order chi connectivity index (χ0) is 7.56. The largest absolute Gasteiger partial charge is 0.391 e. The van der Waals surface area contributed by atoms with Crippen LogP contribution in [0.5, 0.6) is 0 Å². The Morgan fingerprint density at radius 3 is 2.70 bits per heavy atom. The van der Waals surface area contributed by atoms with Gasteiger partial charge in [0.05, 0.1) is 11.1 Å². The Bertz CT molecular complexity index is 209. The Hall–Kier alpha value is -0.540. The van der Waals surface area contributed by atoms with E-state index in [1.54, 1.807) is 18.4 Å². The van der Waals surface area contributed by atoms with Crippen LogP contribution in [-0.2, 0) is 4.74 Å². The van der Waals surface area contributed by atoms with Gasteiger partial charge in [0.15, 0.2) is 0 Å². The molecule has 10 heavy (non-hydrogen) atoms. The van der Waals surface area contributed by atoms with Crippen molar-refractivity contribution < 1.29 is 4.74 Å². The van der Waals surface area contributed by atoms with Gasteiger partial charge in [0.1, 0.15) is 0 Å². The molecule has 1 rings (SSSR count). The standard InChI is InChI=1S/C7H11NOS/c1-5(9-2)6-3-4-7(8)10-6/h3-5H,8H2,1-2H3. The molecule has 0 aromatic carbocycles. The Morgan fingerprint density at radius 1 is 1.60 bits per heavy atom. The van der Waals surface area contributed by atoms with E-state index in [0.29, 0.717) is 0 Å². The minimum atomic E-state index is 0.169. The van der Waals surface area contributed by atoms with Gasteiger partial charge in [0.25, 0.3) is 0 Å². The molecule has 0 bridgehead atoms. The maximum atomic E-state index is 5.53. The molecule has 0 aliphatic heterocycles. The van der Waals surface area contributed by atoms with E-state index in [1.165, 1.54) is 4.88 Å². The molecule has 3 heteroatoms. The van der Waals surface area contributed by atoms with Crippen LogP contribution in [0.15, 0.2) is 12.1 Å². The summed E-state index contributed by atoms with van der Waals surface area (Å²) in [6.45, 7) is 2.01. The topological polar surface area (TPSA) is 35.2 Å². The number of hydrogen-bond acceptors (Lipinski definition) is 3. The molecule has 56 valence electrons. The lowest BCUT2D eigenvalue weighted by Gasteiger charge is -2.04. The predicted molar refractivity (Wildman–Crippen MR) is 44.2 cm³/mol. The van der Waals surface area contributed by atoms with Gasteiger partial charge in [-0.1, -0.05) is 0 Å². The normalized spacial score (nSPS) is 13.4. The summed E-state index contributed by atoms with van der Waals surface area (Å²) in [5.41, 5.74) is 5.53. The molecule has 2 N–H and O–H groups in total. The van der Waals surface area contributed by atoms with Crippen molar-refractivity contribution in [3.63, 3.8) is 0 Å². The maximum absolute atomic E-state index is 5.53. The molecule has 0 spiro atoms. The zero-order valence-electron chi connectivity index (χ0n) is 6.13. The average Bonchev–Trinajstić information content (AvgIpc) is 2.34. The van der Waals surface area contributed by atoms with Gasteiger partial charge in [0.2, 0.25) is 0 Å². The summed E-state index contributed by atoms with van der Waals surface area (Å²) in [7, 11) is 1.70. The van der Waals surface area contributed by atoms with E-state index < -0.39 is 0 Å². The van der Waals surface area contributed by atoms with Gasteiger partial charge in [-0.15, -0.1) is 11.3 Å². The summed E-state index contributed by atoms with van der Waals surface area (Å²) in [6, 6.07) is 3.89. The third kappa shape index (κ3) is 1.49. The van der Waals surface area contributed by atoms with E-state index >= 15 is 0 Å². The fraction of sp³-hybridized carbons (Fsp3) is 0.429. The van der Waals surface area contributed by atoms with Crippen molar-refractivity contribution in [2.75, 3.05) is 12.8 Å². The average molecular weight is 157 g/mol. The zero-order valence-corrected chi connectivity index (χ0v) is 6.94. The van der Waals surface area contributed by atoms with Crippen molar-refractivity contribution in [2.24, 2.45) is 0 Å². The van der Waals surface area contributed by atoms with E-state index in [1.807, 2.05) is 19.1 Å². The first kappa shape index (κ1) is 7.57. The molecule has 0 amide bonds. The molecule has 0 aliphatic carbocycles. The van der Waals surface area contributed by atoms with Gasteiger partial charge in [0, 0.05) is 12.0 Å². The van der Waals surface area contributed by atoms with Crippen molar-refractivity contribution in [1.82, 2.24) is 0 Å². The lowest BCUT2D eigenvalue weighted by molar-refractivity contribution is 0.122. The molecule has 1 aromatic heterocycles. The smallest absolute Gasteiger partial charge is 0.0885 e. The molecule has 1 unspecified atom stereocenters. The Morgan fingerprint density at radius 2 is 2.30 bits per heavy atom. The minimum Gasteiger partial charge on any atom is -0.391 e. The number of thiophene rings is 1. The molecule has 1 atom stereocenters. The quantitative estimate of drug-likeness (QED) is 0.713. The predicted octanol–water partition coefficient (Wildman–Crippen LogP) is 2.04. The van der Waals surface area contributed by atoms with Gasteiger partial charge in [-0.2, -0.15) is 0 Å². The van der Waals surface area contributed by atoms with Gasteiger partial charge in [-0.05, 0) is 19.1 Å². The summed E-state index contributed by atoms with van der Waals surface area (Å²) in [5, 5.41) is 0.846.